The summed E-state index contributed by atoms with van der Waals surface area (Å²) in [5.74, 6) is -1.28. The highest BCUT2D eigenvalue weighted by Crippen LogP contribution is 2.21. The number of nitrogens with one attached hydrogen (secondary N) is 2. The zero-order valence-electron chi connectivity index (χ0n) is 10.1. The van der Waals surface area contributed by atoms with E-state index in [2.05, 4.69) is 21.9 Å². The van der Waals surface area contributed by atoms with E-state index in [0.717, 1.165) is 0 Å². The number of aliphatic hydroxyl groups is 2. The molecule has 0 aliphatic carbocycles. The lowest BCUT2D eigenvalue weighted by molar-refractivity contribution is -0.147. The van der Waals surface area contributed by atoms with Gasteiger partial charge in [0.1, 0.15) is 18.7 Å². The van der Waals surface area contributed by atoms with Crippen molar-refractivity contribution in [2.75, 3.05) is 6.61 Å². The van der Waals surface area contributed by atoms with E-state index in [1.165, 1.54) is 6.08 Å². The van der Waals surface area contributed by atoms with Crippen LogP contribution in [0.15, 0.2) is 12.7 Å². The molecule has 0 aromatic rings. The van der Waals surface area contributed by atoms with Crippen LogP contribution in [0.2, 0.25) is 0 Å². The van der Waals surface area contributed by atoms with Gasteiger partial charge in [-0.25, -0.2) is 4.79 Å². The van der Waals surface area contributed by atoms with Crippen LogP contribution in [0.3, 0.4) is 0 Å². The number of rotatable bonds is 6. The van der Waals surface area contributed by atoms with E-state index < -0.39 is 36.3 Å². The molecule has 7 heteroatoms. The second-order valence-electron chi connectivity index (χ2n) is 4.01. The summed E-state index contributed by atoms with van der Waals surface area (Å²) in [6.07, 6.45) is -1.94. The zero-order valence-corrected chi connectivity index (χ0v) is 10.1. The minimum absolute atomic E-state index is 0.0529. The number of hydrogen-bond donors (Lipinski definition) is 4. The van der Waals surface area contributed by atoms with Gasteiger partial charge in [-0.2, -0.15) is 0 Å². The monoisotopic (exact) mass is 258 g/mol. The zero-order chi connectivity index (χ0) is 13.7. The standard InChI is InChI=1S/C11H18N2O5/c1-3-5-18-11(17)13-9-7(10(16)12-9)8(15)6(14)4-2/h3,6-9,14-15H,1,4-5H2,2H3,(H,12,16)(H,13,17)/t6?,7-,8?,9-/m1/s1. The van der Waals surface area contributed by atoms with Crippen LogP contribution < -0.4 is 10.6 Å². The Morgan fingerprint density at radius 2 is 2.33 bits per heavy atom. The van der Waals surface area contributed by atoms with Gasteiger partial charge >= 0.3 is 6.09 Å². The number of alkyl carbamates (subject to hydrolysis) is 1. The van der Waals surface area contributed by atoms with Crippen molar-refractivity contribution in [1.82, 2.24) is 10.6 Å². The smallest absolute Gasteiger partial charge is 0.409 e. The Morgan fingerprint density at radius 1 is 1.67 bits per heavy atom. The van der Waals surface area contributed by atoms with Crippen molar-refractivity contribution >= 4 is 12.0 Å². The van der Waals surface area contributed by atoms with Gasteiger partial charge in [0.15, 0.2) is 0 Å². The maximum absolute atomic E-state index is 11.3. The Hall–Kier alpha value is -1.60. The first-order valence-corrected chi connectivity index (χ1v) is 5.72. The first-order valence-electron chi connectivity index (χ1n) is 5.72. The van der Waals surface area contributed by atoms with Gasteiger partial charge in [-0.1, -0.05) is 19.6 Å². The van der Waals surface area contributed by atoms with Crippen molar-refractivity contribution in [3.05, 3.63) is 12.7 Å². The van der Waals surface area contributed by atoms with E-state index in [0.29, 0.717) is 6.42 Å². The Balaban J connectivity index is 2.50. The molecule has 0 spiro atoms. The molecular formula is C11H18N2O5. The summed E-state index contributed by atoms with van der Waals surface area (Å²) in [6, 6.07) is 0. The molecule has 102 valence electrons. The lowest BCUT2D eigenvalue weighted by atomic mass is 9.87. The predicted octanol–water partition coefficient (Wildman–Crippen LogP) is -0.897. The van der Waals surface area contributed by atoms with Crippen molar-refractivity contribution < 1.29 is 24.5 Å². The number of ether oxygens (including phenoxy) is 1. The third-order valence-corrected chi connectivity index (χ3v) is 2.75. The second kappa shape index (κ2) is 6.36. The van der Waals surface area contributed by atoms with Crippen molar-refractivity contribution in [3.8, 4) is 0 Å². The molecule has 0 bridgehead atoms. The molecule has 4 N–H and O–H groups in total. The fraction of sp³-hybridized carbons (Fsp3) is 0.636. The quantitative estimate of drug-likeness (QED) is 0.365. The topological polar surface area (TPSA) is 108 Å². The first kappa shape index (κ1) is 14.5. The minimum atomic E-state index is -1.21. The van der Waals surface area contributed by atoms with Gasteiger partial charge in [-0.3, -0.25) is 4.79 Å². The van der Waals surface area contributed by atoms with Crippen molar-refractivity contribution in [2.24, 2.45) is 5.92 Å². The molecule has 18 heavy (non-hydrogen) atoms. The van der Waals surface area contributed by atoms with Gasteiger partial charge < -0.3 is 25.6 Å². The van der Waals surface area contributed by atoms with Gasteiger partial charge in [0.05, 0.1) is 12.2 Å². The number of carbonyl (C=O) groups excluding carboxylic acids is 2. The van der Waals surface area contributed by atoms with Crippen LogP contribution in [-0.4, -0.2) is 47.2 Å². The molecule has 1 rings (SSSR count). The lowest BCUT2D eigenvalue weighted by Gasteiger charge is -2.40. The van der Waals surface area contributed by atoms with Gasteiger partial charge in [-0.05, 0) is 6.42 Å². The van der Waals surface area contributed by atoms with Gasteiger partial charge in [0.25, 0.3) is 0 Å². The molecule has 1 aliphatic rings. The van der Waals surface area contributed by atoms with Crippen molar-refractivity contribution in [3.63, 3.8) is 0 Å². The maximum Gasteiger partial charge on any atom is 0.409 e. The van der Waals surface area contributed by atoms with E-state index >= 15 is 0 Å². The Morgan fingerprint density at radius 3 is 2.83 bits per heavy atom. The van der Waals surface area contributed by atoms with E-state index in [-0.39, 0.29) is 6.61 Å². The summed E-state index contributed by atoms with van der Waals surface area (Å²) < 4.78 is 4.68. The van der Waals surface area contributed by atoms with E-state index in [1.807, 2.05) is 0 Å². The number of aliphatic hydroxyl groups excluding tert-OH is 2. The highest BCUT2D eigenvalue weighted by Gasteiger charge is 2.47. The lowest BCUT2D eigenvalue weighted by Crippen LogP contribution is -2.70. The number of hydrogen-bond acceptors (Lipinski definition) is 5. The van der Waals surface area contributed by atoms with Crippen LogP contribution >= 0.6 is 0 Å². The summed E-state index contributed by atoms with van der Waals surface area (Å²) in [5.41, 5.74) is 0. The van der Waals surface area contributed by atoms with Crippen LogP contribution in [0.1, 0.15) is 13.3 Å². The molecule has 0 aromatic carbocycles. The van der Waals surface area contributed by atoms with Crippen LogP contribution in [0, 0.1) is 5.92 Å². The number of β-lactam (4-membered cyclic amide) rings is 1. The van der Waals surface area contributed by atoms with Crippen LogP contribution in [0.5, 0.6) is 0 Å². The number of carbonyl (C=O) groups is 2. The number of amides is 2. The average Bonchev–Trinajstić information content (AvgIpc) is 2.34. The fourth-order valence-electron chi connectivity index (χ4n) is 1.66. The third-order valence-electron chi connectivity index (χ3n) is 2.75. The molecule has 1 fully saturated rings. The highest BCUT2D eigenvalue weighted by atomic mass is 16.5. The van der Waals surface area contributed by atoms with E-state index in [1.54, 1.807) is 6.92 Å². The van der Waals surface area contributed by atoms with E-state index in [9.17, 15) is 19.8 Å². The maximum atomic E-state index is 11.3. The molecule has 2 amide bonds. The molecule has 7 nitrogen and oxygen atoms in total. The van der Waals surface area contributed by atoms with Crippen molar-refractivity contribution in [2.45, 2.75) is 31.7 Å². The first-order chi connectivity index (χ1) is 8.51. The second-order valence-corrected chi connectivity index (χ2v) is 4.01. The summed E-state index contributed by atoms with van der Waals surface area (Å²) in [5, 5.41) is 24.0. The normalized spacial score (nSPS) is 25.4. The molecule has 1 saturated heterocycles. The molecule has 4 atom stereocenters. The predicted molar refractivity (Wildman–Crippen MR) is 62.4 cm³/mol. The third kappa shape index (κ3) is 3.21. The molecule has 0 aromatic heterocycles. The SMILES string of the molecule is C=CCOC(=O)N[C@H]1NC(=O)[C@@H]1C(O)C(O)CC. The molecule has 0 saturated carbocycles. The van der Waals surface area contributed by atoms with Gasteiger partial charge in [-0.15, -0.1) is 0 Å². The fourth-order valence-corrected chi connectivity index (χ4v) is 1.66. The van der Waals surface area contributed by atoms with E-state index in [4.69, 9.17) is 0 Å². The van der Waals surface area contributed by atoms with Crippen LogP contribution in [0.4, 0.5) is 4.79 Å². The minimum Gasteiger partial charge on any atom is -0.445 e. The summed E-state index contributed by atoms with van der Waals surface area (Å²) in [6.45, 7) is 5.13. The molecule has 1 heterocycles. The Bertz CT molecular complexity index is 333. The molecule has 2 unspecified atom stereocenters. The average molecular weight is 258 g/mol. The molecular weight excluding hydrogens is 240 g/mol. The van der Waals surface area contributed by atoms with Gasteiger partial charge in [0, 0.05) is 0 Å². The Kier molecular flexibility index (Phi) is 5.11. The van der Waals surface area contributed by atoms with Gasteiger partial charge in [0.2, 0.25) is 5.91 Å². The summed E-state index contributed by atoms with van der Waals surface area (Å²) >= 11 is 0. The Labute approximate surface area is 105 Å². The summed E-state index contributed by atoms with van der Waals surface area (Å²) in [7, 11) is 0. The van der Waals surface area contributed by atoms with Crippen LogP contribution in [0.25, 0.3) is 0 Å². The van der Waals surface area contributed by atoms with Crippen LogP contribution in [-0.2, 0) is 9.53 Å². The van der Waals surface area contributed by atoms with Crippen molar-refractivity contribution in [1.29, 1.82) is 0 Å². The largest absolute Gasteiger partial charge is 0.445 e. The summed E-state index contributed by atoms with van der Waals surface area (Å²) in [4.78, 5) is 22.6. The molecule has 1 aliphatic heterocycles. The highest BCUT2D eigenvalue weighted by molar-refractivity contribution is 5.87. The molecule has 0 radical (unpaired) electrons.